The lowest BCUT2D eigenvalue weighted by atomic mass is 9.95. The van der Waals surface area contributed by atoms with Gasteiger partial charge in [-0.2, -0.15) is 5.10 Å². The van der Waals surface area contributed by atoms with Gasteiger partial charge in [0.15, 0.2) is 0 Å². The van der Waals surface area contributed by atoms with Crippen LogP contribution in [0.15, 0.2) is 35.4 Å². The molecule has 136 valence electrons. The van der Waals surface area contributed by atoms with Gasteiger partial charge in [0.1, 0.15) is 0 Å². The second kappa shape index (κ2) is 7.40. The minimum absolute atomic E-state index is 0.0148. The Bertz CT molecular complexity index is 839. The number of pyridine rings is 1. The fourth-order valence-electron chi connectivity index (χ4n) is 3.97. The van der Waals surface area contributed by atoms with Gasteiger partial charge in [-0.25, -0.2) is 4.68 Å². The Hall–Kier alpha value is -2.50. The van der Waals surface area contributed by atoms with Crippen LogP contribution in [-0.2, 0) is 19.4 Å². The van der Waals surface area contributed by atoms with E-state index in [4.69, 9.17) is 0 Å². The number of aromatic nitrogens is 3. The van der Waals surface area contributed by atoms with Crippen LogP contribution in [0, 0.1) is 5.92 Å². The molecule has 26 heavy (non-hydrogen) atoms. The Balaban J connectivity index is 1.38. The largest absolute Gasteiger partial charge is 0.339 e. The fraction of sp³-hybridized carbons (Fsp3) is 0.500. The molecule has 0 bridgehead atoms. The zero-order chi connectivity index (χ0) is 17.9. The molecule has 4 rings (SSSR count). The van der Waals surface area contributed by atoms with Crippen LogP contribution in [0.25, 0.3) is 0 Å². The van der Waals surface area contributed by atoms with Crippen molar-refractivity contribution >= 4 is 5.91 Å². The van der Waals surface area contributed by atoms with Crippen LogP contribution in [0.1, 0.15) is 47.3 Å². The fourth-order valence-corrected chi connectivity index (χ4v) is 3.97. The molecule has 1 saturated heterocycles. The second-order valence-electron chi connectivity index (χ2n) is 7.32. The van der Waals surface area contributed by atoms with Crippen molar-refractivity contribution < 1.29 is 4.79 Å². The number of carbonyl (C=O) groups is 1. The van der Waals surface area contributed by atoms with E-state index in [9.17, 15) is 9.59 Å². The van der Waals surface area contributed by atoms with Crippen molar-refractivity contribution in [3.8, 4) is 0 Å². The van der Waals surface area contributed by atoms with E-state index in [0.717, 1.165) is 62.9 Å². The molecule has 1 aliphatic heterocycles. The van der Waals surface area contributed by atoms with Crippen molar-refractivity contribution in [1.29, 1.82) is 0 Å². The van der Waals surface area contributed by atoms with Gasteiger partial charge in [0.25, 0.3) is 11.5 Å². The monoisotopic (exact) mass is 352 g/mol. The molecule has 0 atom stereocenters. The third kappa shape index (κ3) is 3.54. The summed E-state index contributed by atoms with van der Waals surface area (Å²) in [6, 6.07) is 5.29. The van der Waals surface area contributed by atoms with Crippen molar-refractivity contribution in [2.45, 2.75) is 45.1 Å². The number of hydrogen-bond donors (Lipinski definition) is 0. The van der Waals surface area contributed by atoms with Crippen molar-refractivity contribution in [1.82, 2.24) is 19.7 Å². The third-order valence-electron chi connectivity index (χ3n) is 5.53. The number of aryl methyl sites for hydroxylation is 2. The first-order chi connectivity index (χ1) is 12.7. The highest BCUT2D eigenvalue weighted by atomic mass is 16.2. The van der Waals surface area contributed by atoms with Crippen LogP contribution < -0.4 is 5.56 Å². The molecule has 0 unspecified atom stereocenters. The average molecular weight is 352 g/mol. The van der Waals surface area contributed by atoms with Gasteiger partial charge in [0.05, 0.1) is 5.69 Å². The topological polar surface area (TPSA) is 68.1 Å². The summed E-state index contributed by atoms with van der Waals surface area (Å²) in [4.78, 5) is 30.7. The number of carbonyl (C=O) groups excluding carboxylic acids is 1. The Morgan fingerprint density at radius 1 is 1.12 bits per heavy atom. The molecule has 0 spiro atoms. The number of piperidine rings is 1. The molecule has 6 nitrogen and oxygen atoms in total. The summed E-state index contributed by atoms with van der Waals surface area (Å²) in [6.45, 7) is 2.11. The van der Waals surface area contributed by atoms with Gasteiger partial charge in [0.2, 0.25) is 0 Å². The molecule has 0 saturated carbocycles. The van der Waals surface area contributed by atoms with Crippen LogP contribution in [0.2, 0.25) is 0 Å². The van der Waals surface area contributed by atoms with Gasteiger partial charge in [-0.3, -0.25) is 14.6 Å². The second-order valence-corrected chi connectivity index (χ2v) is 7.32. The van der Waals surface area contributed by atoms with Crippen LogP contribution in [-0.4, -0.2) is 38.7 Å². The van der Waals surface area contributed by atoms with E-state index in [2.05, 4.69) is 10.1 Å². The van der Waals surface area contributed by atoms with Gasteiger partial charge in [-0.05, 0) is 62.1 Å². The predicted octanol–water partition coefficient (Wildman–Crippen LogP) is 2.07. The number of nitrogens with zero attached hydrogens (tertiary/aromatic N) is 4. The maximum absolute atomic E-state index is 12.5. The molecular weight excluding hydrogens is 328 g/mol. The highest BCUT2D eigenvalue weighted by Gasteiger charge is 2.24. The normalized spacial score (nSPS) is 17.8. The Morgan fingerprint density at radius 2 is 1.85 bits per heavy atom. The molecule has 0 radical (unpaired) electrons. The third-order valence-corrected chi connectivity index (χ3v) is 5.53. The lowest BCUT2D eigenvalue weighted by Gasteiger charge is -2.32. The van der Waals surface area contributed by atoms with Crippen LogP contribution in [0.5, 0.6) is 0 Å². The SMILES string of the molecule is O=C(c1ccncc1)N1CCC(Cn2nc3c(cc2=O)CCCC3)CC1. The number of rotatable bonds is 3. The summed E-state index contributed by atoms with van der Waals surface area (Å²) in [6.07, 6.45) is 9.38. The van der Waals surface area contributed by atoms with Crippen molar-refractivity contribution in [3.63, 3.8) is 0 Å². The van der Waals surface area contributed by atoms with E-state index >= 15 is 0 Å². The number of likely N-dealkylation sites (tertiary alicyclic amines) is 1. The minimum atomic E-state index is 0.0148. The smallest absolute Gasteiger partial charge is 0.267 e. The van der Waals surface area contributed by atoms with Crippen molar-refractivity contribution in [2.24, 2.45) is 5.92 Å². The highest BCUT2D eigenvalue weighted by molar-refractivity contribution is 5.94. The lowest BCUT2D eigenvalue weighted by molar-refractivity contribution is 0.0680. The number of hydrogen-bond acceptors (Lipinski definition) is 4. The summed E-state index contributed by atoms with van der Waals surface area (Å²) in [5.41, 5.74) is 2.93. The van der Waals surface area contributed by atoms with Crippen LogP contribution in [0.4, 0.5) is 0 Å². The molecular formula is C20H24N4O2. The lowest BCUT2D eigenvalue weighted by Crippen LogP contribution is -2.40. The molecule has 1 aliphatic carbocycles. The average Bonchev–Trinajstić information content (AvgIpc) is 2.69. The van der Waals surface area contributed by atoms with Gasteiger partial charge in [0, 0.05) is 43.7 Å². The molecule has 0 N–H and O–H groups in total. The predicted molar refractivity (Wildman–Crippen MR) is 98.0 cm³/mol. The minimum Gasteiger partial charge on any atom is -0.339 e. The van der Waals surface area contributed by atoms with Crippen molar-refractivity contribution in [3.05, 3.63) is 57.8 Å². The Labute approximate surface area is 152 Å². The van der Waals surface area contributed by atoms with Gasteiger partial charge in [-0.15, -0.1) is 0 Å². The first-order valence-electron chi connectivity index (χ1n) is 9.50. The summed E-state index contributed by atoms with van der Waals surface area (Å²) < 4.78 is 1.65. The number of amides is 1. The van der Waals surface area contributed by atoms with Gasteiger partial charge >= 0.3 is 0 Å². The van der Waals surface area contributed by atoms with Gasteiger partial charge < -0.3 is 4.90 Å². The summed E-state index contributed by atoms with van der Waals surface area (Å²) in [5, 5.41) is 4.63. The van der Waals surface area contributed by atoms with Crippen LogP contribution >= 0.6 is 0 Å². The maximum Gasteiger partial charge on any atom is 0.267 e. The van der Waals surface area contributed by atoms with E-state index in [1.165, 1.54) is 0 Å². The maximum atomic E-state index is 12.5. The van der Waals surface area contributed by atoms with Gasteiger partial charge in [-0.1, -0.05) is 0 Å². The molecule has 1 fully saturated rings. The molecule has 2 aromatic heterocycles. The van der Waals surface area contributed by atoms with Crippen LogP contribution in [0.3, 0.4) is 0 Å². The zero-order valence-corrected chi connectivity index (χ0v) is 14.9. The zero-order valence-electron chi connectivity index (χ0n) is 14.9. The molecule has 1 amide bonds. The molecule has 3 heterocycles. The Morgan fingerprint density at radius 3 is 2.62 bits per heavy atom. The summed E-state index contributed by atoms with van der Waals surface area (Å²) in [7, 11) is 0. The molecule has 2 aliphatic rings. The van der Waals surface area contributed by atoms with E-state index < -0.39 is 0 Å². The molecule has 6 heteroatoms. The molecule has 0 aromatic carbocycles. The first-order valence-corrected chi connectivity index (χ1v) is 9.50. The van der Waals surface area contributed by atoms with E-state index in [0.29, 0.717) is 18.0 Å². The quantitative estimate of drug-likeness (QED) is 0.848. The van der Waals surface area contributed by atoms with Crippen molar-refractivity contribution in [2.75, 3.05) is 13.1 Å². The summed E-state index contributed by atoms with van der Waals surface area (Å²) >= 11 is 0. The standard InChI is InChI=1S/C20H24N4O2/c25-19-13-17-3-1-2-4-18(17)22-24(19)14-15-7-11-23(12-8-15)20(26)16-5-9-21-10-6-16/h5-6,9-10,13,15H,1-4,7-8,11-12,14H2. The molecule has 2 aromatic rings. The highest BCUT2D eigenvalue weighted by Crippen LogP contribution is 2.21. The Kier molecular flexibility index (Phi) is 4.82. The first kappa shape index (κ1) is 16.9. The van der Waals surface area contributed by atoms with E-state index in [1.807, 2.05) is 4.90 Å². The van der Waals surface area contributed by atoms with E-state index in [-0.39, 0.29) is 11.5 Å². The number of fused-ring (bicyclic) bond motifs is 1. The summed E-state index contributed by atoms with van der Waals surface area (Å²) in [5.74, 6) is 0.457. The van der Waals surface area contributed by atoms with E-state index in [1.54, 1.807) is 35.3 Å².